The van der Waals surface area contributed by atoms with Crippen LogP contribution < -0.4 is 4.74 Å². The van der Waals surface area contributed by atoms with Crippen LogP contribution in [0.3, 0.4) is 0 Å². The fourth-order valence-electron chi connectivity index (χ4n) is 14.1. The zero-order valence-corrected chi connectivity index (χ0v) is 60.5. The lowest BCUT2D eigenvalue weighted by Crippen LogP contribution is -2.61. The maximum Gasteiger partial charge on any atom is 0.426 e. The molecule has 98 heavy (non-hydrogen) atoms. The van der Waals surface area contributed by atoms with Gasteiger partial charge in [0.1, 0.15) is 28.8 Å². The molecule has 3 saturated heterocycles. The van der Waals surface area contributed by atoms with Gasteiger partial charge in [-0.15, -0.1) is 0 Å². The monoisotopic (exact) mass is 1400 g/mol. The molecule has 1 N–H and O–H groups in total. The Morgan fingerprint density at radius 1 is 0.643 bits per heavy atom. The highest BCUT2D eigenvalue weighted by atomic mass is 32.2. The molecule has 0 spiro atoms. The SMILES string of the molecule is CCC(C)(C)C(=O)OC12CC3CC(C1)CC(C(=O)OC(CS(=O)(=O)[O-])C(F)(F)F)(C3)C2.CCC(C)(C)C(=O)OC1C2CC3C(=O)OC1C3O2.CCC(C)(C)C(=O)Oc1ccc(O)cc1.CCC1(OC(=O)C(C)(C)CC)CCCC1.c1ccc(-[s+]2c3ccccc3c3ccccc32)cc1. The van der Waals surface area contributed by atoms with E-state index in [-0.39, 0.29) is 87.5 Å². The van der Waals surface area contributed by atoms with Gasteiger partial charge in [0, 0.05) is 27.7 Å². The van der Waals surface area contributed by atoms with E-state index in [0.29, 0.717) is 50.7 Å². The van der Waals surface area contributed by atoms with Gasteiger partial charge < -0.3 is 42.8 Å². The molecule has 17 nitrogen and oxygen atoms in total. The molecule has 8 unspecified atom stereocenters. The lowest BCUT2D eigenvalue weighted by Gasteiger charge is -2.60. The molecule has 0 radical (unpaired) electrons. The molecule has 4 aromatic carbocycles. The highest BCUT2D eigenvalue weighted by molar-refractivity contribution is 7.85. The first-order valence-electron chi connectivity index (χ1n) is 34.5. The summed E-state index contributed by atoms with van der Waals surface area (Å²) in [5.74, 6) is -3.70. The van der Waals surface area contributed by atoms with Gasteiger partial charge in [-0.3, -0.25) is 28.8 Å². The highest BCUT2D eigenvalue weighted by Crippen LogP contribution is 2.64. The van der Waals surface area contributed by atoms with Gasteiger partial charge in [0.05, 0.1) is 55.0 Å². The van der Waals surface area contributed by atoms with Gasteiger partial charge in [-0.2, -0.15) is 13.2 Å². The van der Waals surface area contributed by atoms with Crippen molar-refractivity contribution in [3.63, 3.8) is 0 Å². The molecular formula is C76H99F3O17S2. The molecule has 1 aromatic heterocycles. The van der Waals surface area contributed by atoms with E-state index in [4.69, 9.17) is 33.5 Å². The molecule has 5 saturated carbocycles. The van der Waals surface area contributed by atoms with Crippen LogP contribution in [0, 0.1) is 44.8 Å². The Kier molecular flexibility index (Phi) is 23.8. The molecule has 8 atom stereocenters. The van der Waals surface area contributed by atoms with E-state index >= 15 is 0 Å². The Labute approximate surface area is 577 Å². The summed E-state index contributed by atoms with van der Waals surface area (Å²) >= 11 is 0. The van der Waals surface area contributed by atoms with E-state index in [1.165, 1.54) is 50.0 Å². The quantitative estimate of drug-likeness (QED) is 0.0282. The van der Waals surface area contributed by atoms with Crippen LogP contribution in [-0.2, 0) is 67.3 Å². The average molecular weight is 1410 g/mol. The maximum atomic E-state index is 13.3. The Morgan fingerprint density at radius 3 is 1.63 bits per heavy atom. The standard InChI is InChI=1S/C20H29F3O7S.C18H13S.C13H18O5.C13H24O2.C12H16O3/c1-4-17(2,3)15(24)30-19-8-12-5-13(9-19)7-18(6-12,11-19)16(25)29-14(20(21,22)23)10-31(26,27)28;1-2-8-14(9-3-1)19-17-12-6-4-10-15(17)16-11-5-7-13-18(16)19;1-4-13(2,3)12(15)18-9-7-5-6-8(16-7)10(9)17-11(6)14;1-5-12(3,4)11(14)15-13(6-2)9-7-8-10-13;1-4-12(2,3)11(14)15-10-7-5-9(13)6-8-10/h12-14H,4-11H2,1-3H3,(H,26,27,28);1-13H;6-10H,4-5H2,1-3H3;5-10H2,1-4H3;5-8,13H,4H2,1-3H3/q;+1;;;/p-1. The van der Waals surface area contributed by atoms with Gasteiger partial charge in [0.2, 0.25) is 6.10 Å². The second kappa shape index (κ2) is 30.3. The normalized spacial score (nSPS) is 25.2. The summed E-state index contributed by atoms with van der Waals surface area (Å²) < 4.78 is 113. The summed E-state index contributed by atoms with van der Waals surface area (Å²) in [4.78, 5) is 74.4. The van der Waals surface area contributed by atoms with Crippen LogP contribution in [0.15, 0.2) is 103 Å². The third kappa shape index (κ3) is 17.7. The largest absolute Gasteiger partial charge is 0.748 e. The predicted molar refractivity (Wildman–Crippen MR) is 366 cm³/mol. The smallest absolute Gasteiger partial charge is 0.426 e. The molecule has 538 valence electrons. The van der Waals surface area contributed by atoms with Gasteiger partial charge in [0.15, 0.2) is 26.5 Å². The van der Waals surface area contributed by atoms with E-state index < -0.39 is 79.6 Å². The van der Waals surface area contributed by atoms with E-state index in [9.17, 15) is 54.9 Å². The number of rotatable bonds is 18. The molecule has 8 fully saturated rings. The van der Waals surface area contributed by atoms with Gasteiger partial charge in [-0.25, -0.2) is 8.42 Å². The van der Waals surface area contributed by atoms with Crippen LogP contribution in [0.2, 0.25) is 0 Å². The summed E-state index contributed by atoms with van der Waals surface area (Å²) in [6.45, 7) is 24.7. The molecule has 6 bridgehead atoms. The summed E-state index contributed by atoms with van der Waals surface area (Å²) in [5.41, 5.74) is -4.40. The first-order valence-corrected chi connectivity index (χ1v) is 37.3. The van der Waals surface area contributed by atoms with E-state index in [1.54, 1.807) is 26.0 Å². The van der Waals surface area contributed by atoms with Gasteiger partial charge in [-0.05, 0) is 224 Å². The van der Waals surface area contributed by atoms with Crippen molar-refractivity contribution >= 4 is 76.6 Å². The number of hydrogen-bond acceptors (Lipinski definition) is 17. The van der Waals surface area contributed by atoms with Gasteiger partial charge in [-0.1, -0.05) is 77.1 Å². The fraction of sp³-hybridized carbons (Fsp3) is 0.605. The van der Waals surface area contributed by atoms with Gasteiger partial charge in [0.25, 0.3) is 0 Å². The molecule has 8 aliphatic rings. The molecule has 5 aliphatic carbocycles. The second-order valence-electron chi connectivity index (χ2n) is 30.3. The lowest BCUT2D eigenvalue weighted by atomic mass is 9.48. The first kappa shape index (κ1) is 77.1. The number of thiophene rings is 1. The third-order valence-electron chi connectivity index (χ3n) is 21.5. The molecule has 5 aromatic rings. The van der Waals surface area contributed by atoms with Crippen molar-refractivity contribution < 1.29 is 93.2 Å². The summed E-state index contributed by atoms with van der Waals surface area (Å²) in [7, 11) is -5.21. The van der Waals surface area contributed by atoms with E-state index in [0.717, 1.165) is 38.5 Å². The number of hydrogen-bond donors (Lipinski definition) is 1. The Bertz CT molecular complexity index is 3690. The van der Waals surface area contributed by atoms with E-state index in [2.05, 4.69) is 90.5 Å². The first-order chi connectivity index (χ1) is 45.8. The minimum absolute atomic E-state index is 0.00100. The highest BCUT2D eigenvalue weighted by Gasteiger charge is 2.66. The van der Waals surface area contributed by atoms with Crippen LogP contribution in [0.1, 0.15) is 193 Å². The number of phenols is 1. The Balaban J connectivity index is 0.000000161. The Hall–Kier alpha value is -6.62. The number of carbonyl (C=O) groups excluding carboxylic acids is 6. The van der Waals surface area contributed by atoms with Crippen molar-refractivity contribution in [1.29, 1.82) is 0 Å². The molecule has 22 heteroatoms. The van der Waals surface area contributed by atoms with Crippen LogP contribution in [0.4, 0.5) is 13.2 Å². The summed E-state index contributed by atoms with van der Waals surface area (Å²) in [5, 5.41) is 11.8. The molecular weight excluding hydrogens is 1310 g/mol. The Morgan fingerprint density at radius 2 is 1.13 bits per heavy atom. The second-order valence-corrected chi connectivity index (χ2v) is 33.7. The van der Waals surface area contributed by atoms with Crippen molar-refractivity contribution in [3.05, 3.63) is 103 Å². The number of esters is 6. The molecule has 4 heterocycles. The van der Waals surface area contributed by atoms with Gasteiger partial charge >= 0.3 is 42.0 Å². The minimum atomic E-state index is -5.27. The molecule has 13 rings (SSSR count). The number of halogens is 3. The summed E-state index contributed by atoms with van der Waals surface area (Å²) in [6, 6.07) is 34.5. The zero-order chi connectivity index (χ0) is 72.2. The predicted octanol–water partition coefficient (Wildman–Crippen LogP) is 16.5. The van der Waals surface area contributed by atoms with Crippen molar-refractivity contribution in [1.82, 2.24) is 0 Å². The fourth-order valence-corrected chi connectivity index (χ4v) is 17.1. The van der Waals surface area contributed by atoms with Crippen molar-refractivity contribution in [2.75, 3.05) is 5.75 Å². The van der Waals surface area contributed by atoms with Crippen molar-refractivity contribution in [2.24, 2.45) is 44.8 Å². The van der Waals surface area contributed by atoms with Crippen molar-refractivity contribution in [2.45, 2.75) is 241 Å². The minimum Gasteiger partial charge on any atom is -0.748 e. The zero-order valence-electron chi connectivity index (χ0n) is 58.9. The van der Waals surface area contributed by atoms with E-state index in [1.807, 2.05) is 69.2 Å². The van der Waals surface area contributed by atoms with Crippen molar-refractivity contribution in [3.8, 4) is 16.4 Å². The average Bonchev–Trinajstić information content (AvgIpc) is 0.733. The number of benzene rings is 4. The topological polar surface area (TPSA) is 244 Å². The number of phenolic OH excluding ortho intramolecular Hbond substituents is 1. The number of fused-ring (bicyclic) bond motifs is 4. The number of alkyl halides is 3. The van der Waals surface area contributed by atoms with Crippen LogP contribution in [0.5, 0.6) is 11.5 Å². The molecule has 3 aliphatic heterocycles. The van der Waals surface area contributed by atoms with Crippen LogP contribution in [0.25, 0.3) is 25.1 Å². The number of ether oxygens (including phenoxy) is 7. The maximum absolute atomic E-state index is 13.3. The molecule has 0 amide bonds. The third-order valence-corrected chi connectivity index (χ3v) is 24.5. The van der Waals surface area contributed by atoms with Crippen LogP contribution in [-0.4, -0.2) is 108 Å². The lowest BCUT2D eigenvalue weighted by molar-refractivity contribution is -0.239. The number of carbonyl (C=O) groups is 6. The summed E-state index contributed by atoms with van der Waals surface area (Å²) in [6.07, 6.45) is 2.02. The van der Waals surface area contributed by atoms with Crippen LogP contribution >= 0.6 is 10.5 Å². The number of aromatic hydroxyl groups is 1.